The van der Waals surface area contributed by atoms with E-state index >= 15 is 0 Å². The highest BCUT2D eigenvalue weighted by Crippen LogP contribution is 2.19. The number of benzene rings is 2. The van der Waals surface area contributed by atoms with Gasteiger partial charge in [0, 0.05) is 44.6 Å². The minimum absolute atomic E-state index is 0.228. The molecule has 0 bridgehead atoms. The summed E-state index contributed by atoms with van der Waals surface area (Å²) >= 11 is 0. The van der Waals surface area contributed by atoms with Crippen molar-refractivity contribution in [2.75, 3.05) is 46.4 Å². The molecule has 1 unspecified atom stereocenters. The first-order valence-corrected chi connectivity index (χ1v) is 11.3. The number of likely N-dealkylation sites (tertiary alicyclic amines) is 1. The zero-order valence-corrected chi connectivity index (χ0v) is 19.0. The van der Waals surface area contributed by atoms with Crippen molar-refractivity contribution in [2.45, 2.75) is 19.8 Å². The van der Waals surface area contributed by atoms with Crippen LogP contribution in [0.25, 0.3) is 0 Å². The molecule has 7 heteroatoms. The highest BCUT2D eigenvalue weighted by molar-refractivity contribution is 5.80. The van der Waals surface area contributed by atoms with Crippen LogP contribution in [-0.2, 0) is 11.2 Å². The summed E-state index contributed by atoms with van der Waals surface area (Å²) in [6.07, 6.45) is 1.46. The summed E-state index contributed by atoms with van der Waals surface area (Å²) in [4.78, 5) is 19.1. The molecule has 1 aliphatic heterocycles. The largest absolute Gasteiger partial charge is 0.497 e. The Hall–Kier alpha value is -3.22. The average Bonchev–Trinajstić information content (AvgIpc) is 3.19. The smallest absolute Gasteiger partial charge is 0.223 e. The number of hydrogen-bond acceptors (Lipinski definition) is 4. The lowest BCUT2D eigenvalue weighted by atomic mass is 10.1. The van der Waals surface area contributed by atoms with Gasteiger partial charge in [-0.1, -0.05) is 36.4 Å². The van der Waals surface area contributed by atoms with Gasteiger partial charge in [0.05, 0.1) is 13.7 Å². The van der Waals surface area contributed by atoms with Crippen LogP contribution in [0.4, 0.5) is 0 Å². The van der Waals surface area contributed by atoms with Crippen molar-refractivity contribution in [3.05, 3.63) is 60.2 Å². The van der Waals surface area contributed by atoms with Gasteiger partial charge in [-0.05, 0) is 31.0 Å². The van der Waals surface area contributed by atoms with E-state index in [-0.39, 0.29) is 11.8 Å². The standard InChI is InChI=1S/C25H34N4O3/c1-3-26-25(27-13-15-32-23-11-7-10-22(17-23)31-2)28-18-21-16-24(30)29(19-21)14-12-20-8-5-4-6-9-20/h4-11,17,21H,3,12-16,18-19H2,1-2H3,(H2,26,27,28). The minimum Gasteiger partial charge on any atom is -0.497 e. The maximum Gasteiger partial charge on any atom is 0.223 e. The van der Waals surface area contributed by atoms with Gasteiger partial charge in [0.1, 0.15) is 18.1 Å². The zero-order chi connectivity index (χ0) is 22.6. The number of nitrogens with one attached hydrogen (secondary N) is 2. The van der Waals surface area contributed by atoms with E-state index in [4.69, 9.17) is 14.5 Å². The molecule has 1 saturated heterocycles. The van der Waals surface area contributed by atoms with Crippen molar-refractivity contribution in [3.8, 4) is 11.5 Å². The third kappa shape index (κ3) is 7.48. The summed E-state index contributed by atoms with van der Waals surface area (Å²) in [6.45, 7) is 6.10. The van der Waals surface area contributed by atoms with Crippen molar-refractivity contribution in [2.24, 2.45) is 10.9 Å². The topological polar surface area (TPSA) is 75.2 Å². The number of rotatable bonds is 11. The molecular weight excluding hydrogens is 404 g/mol. The number of methoxy groups -OCH3 is 1. The molecule has 7 nitrogen and oxygen atoms in total. The van der Waals surface area contributed by atoms with Crippen LogP contribution in [0.15, 0.2) is 59.6 Å². The van der Waals surface area contributed by atoms with Gasteiger partial charge in [0.2, 0.25) is 5.91 Å². The summed E-state index contributed by atoms with van der Waals surface area (Å²) < 4.78 is 11.0. The quantitative estimate of drug-likeness (QED) is 0.321. The van der Waals surface area contributed by atoms with Crippen molar-refractivity contribution in [3.63, 3.8) is 0 Å². The Morgan fingerprint density at radius 1 is 1.12 bits per heavy atom. The number of guanidine groups is 1. The second-order valence-electron chi connectivity index (χ2n) is 7.82. The van der Waals surface area contributed by atoms with Gasteiger partial charge < -0.3 is 25.0 Å². The minimum atomic E-state index is 0.228. The first kappa shape index (κ1) is 23.4. The Labute approximate surface area is 190 Å². The van der Waals surface area contributed by atoms with E-state index < -0.39 is 0 Å². The molecule has 0 aromatic heterocycles. The van der Waals surface area contributed by atoms with Crippen molar-refractivity contribution >= 4 is 11.9 Å². The number of nitrogens with zero attached hydrogens (tertiary/aromatic N) is 2. The van der Waals surface area contributed by atoms with Gasteiger partial charge in [-0.3, -0.25) is 9.79 Å². The Kier molecular flexibility index (Phi) is 9.22. The molecule has 1 fully saturated rings. The molecule has 0 spiro atoms. The van der Waals surface area contributed by atoms with Crippen LogP contribution in [0.1, 0.15) is 18.9 Å². The molecule has 0 saturated carbocycles. The maximum absolute atomic E-state index is 12.4. The predicted octanol–water partition coefficient (Wildman–Crippen LogP) is 2.72. The van der Waals surface area contributed by atoms with Crippen molar-refractivity contribution in [1.82, 2.24) is 15.5 Å². The lowest BCUT2D eigenvalue weighted by Gasteiger charge is -2.16. The molecule has 1 atom stereocenters. The number of carbonyl (C=O) groups excluding carboxylic acids is 1. The first-order chi connectivity index (χ1) is 15.7. The number of carbonyl (C=O) groups is 1. The highest BCUT2D eigenvalue weighted by atomic mass is 16.5. The summed E-state index contributed by atoms with van der Waals surface area (Å²) in [5.74, 6) is 2.77. The van der Waals surface area contributed by atoms with Gasteiger partial charge in [-0.2, -0.15) is 0 Å². The normalized spacial score (nSPS) is 16.2. The SMILES string of the molecule is CCNC(=NCC1CC(=O)N(CCc2ccccc2)C1)NCCOc1cccc(OC)c1. The van der Waals surface area contributed by atoms with E-state index in [1.54, 1.807) is 7.11 Å². The fourth-order valence-electron chi connectivity index (χ4n) is 3.69. The van der Waals surface area contributed by atoms with Crippen LogP contribution in [0.5, 0.6) is 11.5 Å². The Morgan fingerprint density at radius 2 is 1.94 bits per heavy atom. The third-order valence-electron chi connectivity index (χ3n) is 5.36. The second kappa shape index (κ2) is 12.6. The summed E-state index contributed by atoms with van der Waals surface area (Å²) in [7, 11) is 1.64. The van der Waals surface area contributed by atoms with Crippen LogP contribution in [0, 0.1) is 5.92 Å². The zero-order valence-electron chi connectivity index (χ0n) is 19.0. The number of amides is 1. The summed E-state index contributed by atoms with van der Waals surface area (Å²) in [5, 5.41) is 6.55. The summed E-state index contributed by atoms with van der Waals surface area (Å²) in [6, 6.07) is 17.9. The number of aliphatic imine (C=N–C) groups is 1. The fraction of sp³-hybridized carbons (Fsp3) is 0.440. The maximum atomic E-state index is 12.4. The molecule has 3 rings (SSSR count). The predicted molar refractivity (Wildman–Crippen MR) is 127 cm³/mol. The number of hydrogen-bond donors (Lipinski definition) is 2. The van der Waals surface area contributed by atoms with Crippen LogP contribution in [0.3, 0.4) is 0 Å². The molecule has 2 aromatic rings. The van der Waals surface area contributed by atoms with E-state index in [9.17, 15) is 4.79 Å². The van der Waals surface area contributed by atoms with E-state index in [1.807, 2.05) is 54.3 Å². The van der Waals surface area contributed by atoms with Gasteiger partial charge in [0.25, 0.3) is 0 Å². The van der Waals surface area contributed by atoms with E-state index in [2.05, 4.69) is 22.8 Å². The van der Waals surface area contributed by atoms with Crippen LogP contribution >= 0.6 is 0 Å². The number of ether oxygens (including phenoxy) is 2. The van der Waals surface area contributed by atoms with Gasteiger partial charge in [-0.15, -0.1) is 0 Å². The fourth-order valence-corrected chi connectivity index (χ4v) is 3.69. The highest BCUT2D eigenvalue weighted by Gasteiger charge is 2.28. The first-order valence-electron chi connectivity index (χ1n) is 11.3. The van der Waals surface area contributed by atoms with E-state index in [0.717, 1.165) is 43.5 Å². The van der Waals surface area contributed by atoms with Gasteiger partial charge in [0.15, 0.2) is 5.96 Å². The van der Waals surface area contributed by atoms with Crippen molar-refractivity contribution < 1.29 is 14.3 Å². The van der Waals surface area contributed by atoms with Crippen LogP contribution in [-0.4, -0.2) is 63.2 Å². The molecule has 1 heterocycles. The lowest BCUT2D eigenvalue weighted by Crippen LogP contribution is -2.39. The molecule has 1 aliphatic rings. The molecule has 32 heavy (non-hydrogen) atoms. The second-order valence-corrected chi connectivity index (χ2v) is 7.82. The van der Waals surface area contributed by atoms with Crippen molar-refractivity contribution in [1.29, 1.82) is 0 Å². The van der Waals surface area contributed by atoms with E-state index in [1.165, 1.54) is 5.56 Å². The molecule has 1 amide bonds. The van der Waals surface area contributed by atoms with Crippen LogP contribution in [0.2, 0.25) is 0 Å². The van der Waals surface area contributed by atoms with Gasteiger partial charge >= 0.3 is 0 Å². The molecule has 0 aliphatic carbocycles. The Balaban J connectivity index is 1.41. The molecule has 2 aromatic carbocycles. The Bertz CT molecular complexity index is 873. The monoisotopic (exact) mass is 438 g/mol. The molecular formula is C25H34N4O3. The summed E-state index contributed by atoms with van der Waals surface area (Å²) in [5.41, 5.74) is 1.26. The van der Waals surface area contributed by atoms with E-state index in [0.29, 0.717) is 26.1 Å². The molecule has 172 valence electrons. The lowest BCUT2D eigenvalue weighted by molar-refractivity contribution is -0.127. The third-order valence-corrected chi connectivity index (χ3v) is 5.36. The van der Waals surface area contributed by atoms with Gasteiger partial charge in [-0.25, -0.2) is 0 Å². The Morgan fingerprint density at radius 3 is 2.72 bits per heavy atom. The average molecular weight is 439 g/mol. The molecule has 0 radical (unpaired) electrons. The van der Waals surface area contributed by atoms with Crippen LogP contribution < -0.4 is 20.1 Å². The molecule has 2 N–H and O–H groups in total.